The van der Waals surface area contributed by atoms with E-state index in [0.717, 1.165) is 32.4 Å². The summed E-state index contributed by atoms with van der Waals surface area (Å²) in [5, 5.41) is 10.9. The molecular formula is C39H49Cl2FN4O. The Hall–Kier alpha value is -2.67. The first-order valence-electron chi connectivity index (χ1n) is 17.7. The third-order valence-electron chi connectivity index (χ3n) is 11.0. The van der Waals surface area contributed by atoms with E-state index in [0.29, 0.717) is 18.3 Å². The molecule has 4 aliphatic rings. The van der Waals surface area contributed by atoms with Crippen LogP contribution in [0.4, 0.5) is 4.39 Å². The van der Waals surface area contributed by atoms with Crippen molar-refractivity contribution in [1.29, 1.82) is 0 Å². The average molecular weight is 680 g/mol. The number of fused-ring (bicyclic) bond motifs is 6. The smallest absolute Gasteiger partial charge is 0.104 e. The van der Waals surface area contributed by atoms with Gasteiger partial charge in [0.2, 0.25) is 0 Å². The van der Waals surface area contributed by atoms with Gasteiger partial charge < -0.3 is 14.2 Å². The highest BCUT2D eigenvalue weighted by Gasteiger charge is 2.32. The Morgan fingerprint density at radius 1 is 0.681 bits per heavy atom. The summed E-state index contributed by atoms with van der Waals surface area (Å²) in [5.41, 5.74) is 7.57. The third-order valence-corrected chi connectivity index (χ3v) is 11.0. The second-order valence-electron chi connectivity index (χ2n) is 13.9. The monoisotopic (exact) mass is 678 g/mol. The van der Waals surface area contributed by atoms with Crippen molar-refractivity contribution in [2.45, 2.75) is 114 Å². The molecule has 0 spiro atoms. The zero-order valence-corrected chi connectivity index (χ0v) is 28.9. The highest BCUT2D eigenvalue weighted by atomic mass is 35.5. The van der Waals surface area contributed by atoms with Crippen LogP contribution in [0.5, 0.6) is 0 Å². The summed E-state index contributed by atoms with van der Waals surface area (Å²) in [5.74, 6) is 1.46. The first-order chi connectivity index (χ1) is 23.1. The Balaban J connectivity index is 0.000000152. The Morgan fingerprint density at radius 2 is 1.13 bits per heavy atom. The standard InChI is InChI=1S/C19H23FN2.C19H24N2O.CH2Cl2/c20-18(14-6-2-1-3-7-14)10-15-12-22-13-21-11-19(22)17-9-5-4-8-16(15)17;22-19(14-6-2-1-3-7-14)10-15-12-21-13-20-11-18(21)17-9-5-4-8-16(15)17;2-1-3/h4-5,8-9,11,13-15,18H,1-3,6-7,10,12H2;4-5,8-9,11,13-15,19,22H,1-3,6-7,10,12H2;1H2. The van der Waals surface area contributed by atoms with Gasteiger partial charge in [-0.2, -0.15) is 0 Å². The summed E-state index contributed by atoms with van der Waals surface area (Å²) in [4.78, 5) is 8.58. The second kappa shape index (κ2) is 16.6. The highest BCUT2D eigenvalue weighted by Crippen LogP contribution is 2.42. The number of aliphatic hydroxyl groups excluding tert-OH is 1. The first kappa shape index (κ1) is 34.2. The lowest BCUT2D eigenvalue weighted by molar-refractivity contribution is 0.0688. The largest absolute Gasteiger partial charge is 0.393 e. The Labute approximate surface area is 289 Å². The van der Waals surface area contributed by atoms with Gasteiger partial charge in [-0.15, -0.1) is 23.2 Å². The van der Waals surface area contributed by atoms with Crippen molar-refractivity contribution in [2.75, 3.05) is 5.34 Å². The predicted octanol–water partition coefficient (Wildman–Crippen LogP) is 10.4. The van der Waals surface area contributed by atoms with Gasteiger partial charge in [-0.1, -0.05) is 87.1 Å². The number of imidazole rings is 2. The molecule has 4 heterocycles. The molecule has 5 nitrogen and oxygen atoms in total. The highest BCUT2D eigenvalue weighted by molar-refractivity contribution is 6.40. The maximum Gasteiger partial charge on any atom is 0.104 e. The fourth-order valence-electron chi connectivity index (χ4n) is 8.59. The van der Waals surface area contributed by atoms with E-state index in [1.165, 1.54) is 85.0 Å². The molecule has 4 aromatic rings. The lowest BCUT2D eigenvalue weighted by Gasteiger charge is -2.32. The molecule has 2 saturated carbocycles. The van der Waals surface area contributed by atoms with Gasteiger partial charge in [0.05, 0.1) is 47.9 Å². The molecule has 0 radical (unpaired) electrons. The van der Waals surface area contributed by atoms with Gasteiger partial charge in [0, 0.05) is 36.1 Å². The van der Waals surface area contributed by atoms with Gasteiger partial charge in [0.25, 0.3) is 0 Å². The summed E-state index contributed by atoms with van der Waals surface area (Å²) < 4.78 is 19.3. The Bertz CT molecular complexity index is 1430. The molecule has 4 unspecified atom stereocenters. The number of benzene rings is 2. The molecule has 8 rings (SSSR count). The van der Waals surface area contributed by atoms with Crippen LogP contribution in [-0.4, -0.2) is 41.8 Å². The van der Waals surface area contributed by atoms with Gasteiger partial charge in [-0.05, 0) is 61.5 Å². The number of aliphatic hydroxyl groups is 1. The van der Waals surface area contributed by atoms with Crippen molar-refractivity contribution in [1.82, 2.24) is 19.1 Å². The number of aromatic nitrogens is 4. The van der Waals surface area contributed by atoms with Gasteiger partial charge in [0.15, 0.2) is 0 Å². The predicted molar refractivity (Wildman–Crippen MR) is 191 cm³/mol. The molecule has 47 heavy (non-hydrogen) atoms. The van der Waals surface area contributed by atoms with E-state index in [-0.39, 0.29) is 23.3 Å². The van der Waals surface area contributed by atoms with Crippen LogP contribution < -0.4 is 0 Å². The van der Waals surface area contributed by atoms with E-state index in [1.807, 2.05) is 25.0 Å². The molecule has 1 N–H and O–H groups in total. The van der Waals surface area contributed by atoms with Crippen molar-refractivity contribution in [3.05, 3.63) is 84.7 Å². The van der Waals surface area contributed by atoms with Crippen LogP contribution in [0.15, 0.2) is 73.6 Å². The second-order valence-corrected chi connectivity index (χ2v) is 14.7. The molecule has 2 aliphatic carbocycles. The van der Waals surface area contributed by atoms with Gasteiger partial charge in [-0.3, -0.25) is 0 Å². The van der Waals surface area contributed by atoms with Crippen molar-refractivity contribution in [3.8, 4) is 22.5 Å². The van der Waals surface area contributed by atoms with E-state index in [2.05, 4.69) is 67.6 Å². The number of halogens is 3. The third kappa shape index (κ3) is 8.14. The molecule has 0 amide bonds. The van der Waals surface area contributed by atoms with Crippen LogP contribution in [0.25, 0.3) is 22.5 Å². The van der Waals surface area contributed by atoms with Crippen LogP contribution in [0, 0.1) is 11.8 Å². The maximum atomic E-state index is 14.8. The number of hydrogen-bond acceptors (Lipinski definition) is 3. The normalized spacial score (nSPS) is 21.8. The minimum absolute atomic E-state index is 0.163. The zero-order chi connectivity index (χ0) is 32.6. The van der Waals surface area contributed by atoms with Gasteiger partial charge >= 0.3 is 0 Å². The number of hydrogen-bond donors (Lipinski definition) is 1. The molecule has 0 bridgehead atoms. The maximum absolute atomic E-state index is 14.8. The minimum Gasteiger partial charge on any atom is -0.393 e. The summed E-state index contributed by atoms with van der Waals surface area (Å²) in [6.45, 7) is 1.80. The molecule has 2 aliphatic heterocycles. The lowest BCUT2D eigenvalue weighted by atomic mass is 9.79. The van der Waals surface area contributed by atoms with Crippen molar-refractivity contribution in [2.24, 2.45) is 11.8 Å². The average Bonchev–Trinajstić information content (AvgIpc) is 3.80. The topological polar surface area (TPSA) is 55.9 Å². The molecule has 2 fully saturated rings. The first-order valence-corrected chi connectivity index (χ1v) is 18.8. The molecule has 4 atom stereocenters. The van der Waals surface area contributed by atoms with E-state index < -0.39 is 6.17 Å². The molecule has 252 valence electrons. The van der Waals surface area contributed by atoms with Crippen LogP contribution in [0.1, 0.15) is 100 Å². The number of alkyl halides is 3. The number of rotatable bonds is 6. The summed E-state index contributed by atoms with van der Waals surface area (Å²) >= 11 is 9.53. The van der Waals surface area contributed by atoms with E-state index >= 15 is 0 Å². The molecule has 2 aromatic heterocycles. The van der Waals surface area contributed by atoms with Crippen LogP contribution in [0.2, 0.25) is 0 Å². The molecule has 8 heteroatoms. The van der Waals surface area contributed by atoms with Crippen LogP contribution in [-0.2, 0) is 13.1 Å². The summed E-state index contributed by atoms with van der Waals surface area (Å²) in [6.07, 6.45) is 20.5. The zero-order valence-electron chi connectivity index (χ0n) is 27.4. The van der Waals surface area contributed by atoms with Crippen LogP contribution >= 0.6 is 23.2 Å². The quantitative estimate of drug-likeness (QED) is 0.206. The fraction of sp³-hybridized carbons (Fsp3) is 0.538. The minimum atomic E-state index is -0.663. The Morgan fingerprint density at radius 3 is 1.64 bits per heavy atom. The SMILES string of the molecule is ClCCl.FC(CC1Cn2cncc2-c2ccccc21)C1CCCCC1.OC(CC1Cn2cncc2-c2ccccc21)C1CCCCC1. The summed E-state index contributed by atoms with van der Waals surface area (Å²) in [6, 6.07) is 17.1. The van der Waals surface area contributed by atoms with E-state index in [4.69, 9.17) is 23.2 Å². The fourth-order valence-corrected chi connectivity index (χ4v) is 8.59. The van der Waals surface area contributed by atoms with Crippen LogP contribution in [0.3, 0.4) is 0 Å². The van der Waals surface area contributed by atoms with E-state index in [1.54, 1.807) is 0 Å². The molecule has 2 aromatic carbocycles. The lowest BCUT2D eigenvalue weighted by Crippen LogP contribution is -2.27. The van der Waals surface area contributed by atoms with Crippen molar-refractivity contribution in [3.63, 3.8) is 0 Å². The van der Waals surface area contributed by atoms with E-state index in [9.17, 15) is 9.50 Å². The van der Waals surface area contributed by atoms with Crippen molar-refractivity contribution >= 4 is 23.2 Å². The molecular weight excluding hydrogens is 630 g/mol. The van der Waals surface area contributed by atoms with Crippen molar-refractivity contribution < 1.29 is 9.50 Å². The molecule has 0 saturated heterocycles. The summed E-state index contributed by atoms with van der Waals surface area (Å²) in [7, 11) is 0. The van der Waals surface area contributed by atoms with Gasteiger partial charge in [-0.25, -0.2) is 14.4 Å². The number of nitrogens with zero attached hydrogens (tertiary/aromatic N) is 4. The Kier molecular flexibility index (Phi) is 12.1. The van der Waals surface area contributed by atoms with Gasteiger partial charge in [0.1, 0.15) is 6.17 Å².